The third-order valence-corrected chi connectivity index (χ3v) is 4.14. The minimum absolute atomic E-state index is 0.117. The summed E-state index contributed by atoms with van der Waals surface area (Å²) < 4.78 is 2.38. The Bertz CT molecular complexity index is 578. The Morgan fingerprint density at radius 1 is 1.05 bits per heavy atom. The summed E-state index contributed by atoms with van der Waals surface area (Å²) in [4.78, 5) is 35.1. The summed E-state index contributed by atoms with van der Waals surface area (Å²) in [6.07, 6.45) is -0.189. The highest BCUT2D eigenvalue weighted by Crippen LogP contribution is 2.36. The molecule has 0 radical (unpaired) electrons. The van der Waals surface area contributed by atoms with Gasteiger partial charge in [-0.1, -0.05) is 59.1 Å². The lowest BCUT2D eigenvalue weighted by Gasteiger charge is -2.12. The monoisotopic (exact) mass is 695 g/mol. The van der Waals surface area contributed by atoms with E-state index in [0.717, 1.165) is 11.3 Å². The van der Waals surface area contributed by atoms with Crippen molar-refractivity contribution in [1.29, 1.82) is 0 Å². The number of Topliss-reactive ketones (excluding diaryl/α,β-unsaturated/α-hetero) is 2. The molecule has 0 amide bonds. The van der Waals surface area contributed by atoms with E-state index in [-0.39, 0.29) is 16.4 Å². The van der Waals surface area contributed by atoms with E-state index in [1.54, 1.807) is 0 Å². The second kappa shape index (κ2) is 7.88. The van der Waals surface area contributed by atoms with Crippen LogP contribution in [0.5, 0.6) is 0 Å². The summed E-state index contributed by atoms with van der Waals surface area (Å²) in [7, 11) is 0. The van der Waals surface area contributed by atoms with Gasteiger partial charge >= 0.3 is 5.97 Å². The first kappa shape index (κ1) is 20.3. The van der Waals surface area contributed by atoms with Crippen LogP contribution >= 0.6 is 107 Å². The number of ketones is 2. The number of hydrogen-bond donors (Lipinski definition) is 0. The molecule has 21 heavy (non-hydrogen) atoms. The van der Waals surface area contributed by atoms with Crippen molar-refractivity contribution in [2.75, 3.05) is 0 Å². The summed E-state index contributed by atoms with van der Waals surface area (Å²) in [6, 6.07) is 0. The van der Waals surface area contributed by atoms with E-state index in [9.17, 15) is 14.4 Å². The van der Waals surface area contributed by atoms with Gasteiger partial charge in [-0.25, -0.2) is 0 Å². The molecule has 0 atom stereocenters. The van der Waals surface area contributed by atoms with Crippen LogP contribution in [0.2, 0.25) is 0 Å². The summed E-state index contributed by atoms with van der Waals surface area (Å²) in [5.74, 6) is -2.25. The molecule has 0 bridgehead atoms. The van der Waals surface area contributed by atoms with Gasteiger partial charge in [0, 0.05) is 0 Å². The summed E-state index contributed by atoms with van der Waals surface area (Å²) in [5.41, 5.74) is 0. The Kier molecular flexibility index (Phi) is 7.62. The van der Waals surface area contributed by atoms with E-state index >= 15 is 0 Å². The molecule has 1 aromatic rings. The fraction of sp³-hybridized carbons (Fsp3) is 0.375. The normalized spacial score (nSPS) is 12.1. The van der Waals surface area contributed by atoms with Crippen molar-refractivity contribution in [2.45, 2.75) is 10.9 Å². The van der Waals surface area contributed by atoms with Crippen LogP contribution in [0.15, 0.2) is 0 Å². The standard InChI is InChI=1S/C8H2Br6N2O4S/c9-7(10,11)5(19)4(18)6-16-15-2(21-6)1-3(17)20-8(12,13)14/h1H2. The maximum absolute atomic E-state index is 11.8. The summed E-state index contributed by atoms with van der Waals surface area (Å²) in [5, 5.41) is 7.40. The molecule has 0 unspecified atom stereocenters. The largest absolute Gasteiger partial charge is 0.427 e. The SMILES string of the molecule is O=C(Cc1nnc(C(=O)C(=O)C(Br)(Br)Br)s1)OC(Br)(Br)Br. The lowest BCUT2D eigenvalue weighted by Crippen LogP contribution is -2.26. The predicted octanol–water partition coefficient (Wildman–Crippen LogP) is 4.01. The molecule has 6 nitrogen and oxygen atoms in total. The molecular weight excluding hydrogens is 700 g/mol. The van der Waals surface area contributed by atoms with Gasteiger partial charge in [-0.3, -0.25) is 14.4 Å². The molecule has 0 saturated carbocycles. The van der Waals surface area contributed by atoms with Crippen LogP contribution in [0.3, 0.4) is 0 Å². The van der Waals surface area contributed by atoms with Crippen molar-refractivity contribution in [3.8, 4) is 0 Å². The van der Waals surface area contributed by atoms with Gasteiger partial charge < -0.3 is 4.74 Å². The second-order valence-electron chi connectivity index (χ2n) is 3.25. The van der Waals surface area contributed by atoms with Gasteiger partial charge in [0.15, 0.2) is 5.01 Å². The third-order valence-electron chi connectivity index (χ3n) is 1.65. The minimum Gasteiger partial charge on any atom is -0.427 e. The van der Waals surface area contributed by atoms with E-state index in [0.29, 0.717) is 0 Å². The van der Waals surface area contributed by atoms with E-state index < -0.39 is 22.0 Å². The fourth-order valence-corrected chi connectivity index (χ4v) is 2.77. The summed E-state index contributed by atoms with van der Waals surface area (Å²) >= 11 is 18.7. The highest BCUT2D eigenvalue weighted by Gasteiger charge is 2.36. The Labute approximate surface area is 172 Å². The molecule has 0 fully saturated rings. The first-order chi connectivity index (χ1) is 9.40. The molecule has 13 heteroatoms. The van der Waals surface area contributed by atoms with Gasteiger partial charge in [0.2, 0.25) is 7.93 Å². The molecule has 0 spiro atoms. The molecule has 1 rings (SSSR count). The van der Waals surface area contributed by atoms with Gasteiger partial charge in [0.25, 0.3) is 8.11 Å². The van der Waals surface area contributed by atoms with Crippen molar-refractivity contribution in [3.63, 3.8) is 0 Å². The number of esters is 1. The predicted molar refractivity (Wildman–Crippen MR) is 98.1 cm³/mol. The van der Waals surface area contributed by atoms with Crippen LogP contribution in [0.1, 0.15) is 14.8 Å². The maximum Gasteiger partial charge on any atom is 0.315 e. The average Bonchev–Trinajstić information content (AvgIpc) is 2.71. The van der Waals surface area contributed by atoms with E-state index in [1.807, 2.05) is 0 Å². The lowest BCUT2D eigenvalue weighted by atomic mass is 10.3. The minimum atomic E-state index is -1.35. The van der Waals surface area contributed by atoms with Crippen LogP contribution in [-0.2, 0) is 20.7 Å². The number of aromatic nitrogens is 2. The first-order valence-corrected chi connectivity index (χ1v) is 10.2. The van der Waals surface area contributed by atoms with Crippen LogP contribution in [0.25, 0.3) is 0 Å². The second-order valence-corrected chi connectivity index (χ2v) is 17.6. The molecule has 0 aliphatic rings. The molecule has 0 N–H and O–H groups in total. The summed E-state index contributed by atoms with van der Waals surface area (Å²) in [6.45, 7) is 0. The van der Waals surface area contributed by atoms with E-state index in [4.69, 9.17) is 4.74 Å². The zero-order valence-corrected chi connectivity index (χ0v) is 19.7. The molecule has 0 aromatic carbocycles. The van der Waals surface area contributed by atoms with Crippen molar-refractivity contribution in [2.24, 2.45) is 0 Å². The van der Waals surface area contributed by atoms with Gasteiger partial charge in [-0.05, 0) is 47.8 Å². The van der Waals surface area contributed by atoms with Gasteiger partial charge in [0.05, 0.1) is 6.42 Å². The maximum atomic E-state index is 11.8. The molecular formula is C8H2Br6N2O4S. The smallest absolute Gasteiger partial charge is 0.315 e. The zero-order valence-electron chi connectivity index (χ0n) is 9.41. The average molecular weight is 702 g/mol. The number of hydrogen-bond acceptors (Lipinski definition) is 7. The molecule has 0 saturated heterocycles. The van der Waals surface area contributed by atoms with E-state index in [1.165, 1.54) is 0 Å². The van der Waals surface area contributed by atoms with Crippen LogP contribution < -0.4 is 0 Å². The molecule has 116 valence electrons. The number of rotatable bonds is 4. The topological polar surface area (TPSA) is 86.2 Å². The first-order valence-electron chi connectivity index (χ1n) is 4.67. The van der Waals surface area contributed by atoms with Crippen LogP contribution in [0, 0.1) is 0 Å². The number of halogens is 6. The fourth-order valence-electron chi connectivity index (χ4n) is 0.931. The quantitative estimate of drug-likeness (QED) is 0.204. The molecule has 0 aliphatic carbocycles. The van der Waals surface area contributed by atoms with Crippen molar-refractivity contribution in [3.05, 3.63) is 10.0 Å². The van der Waals surface area contributed by atoms with Crippen molar-refractivity contribution in [1.82, 2.24) is 10.2 Å². The lowest BCUT2D eigenvalue weighted by molar-refractivity contribution is -0.142. The number of carbonyl (C=O) groups is 3. The zero-order chi connectivity index (χ0) is 16.4. The van der Waals surface area contributed by atoms with Crippen LogP contribution in [-0.4, -0.2) is 32.2 Å². The highest BCUT2D eigenvalue weighted by atomic mass is 80.0. The highest BCUT2D eigenvalue weighted by molar-refractivity contribution is 9.40. The molecule has 1 aromatic heterocycles. The van der Waals surface area contributed by atoms with Crippen LogP contribution in [0.4, 0.5) is 0 Å². The number of alkyl halides is 6. The number of ether oxygens (including phenoxy) is 1. The Morgan fingerprint density at radius 3 is 2.10 bits per heavy atom. The van der Waals surface area contributed by atoms with Gasteiger partial charge in [-0.15, -0.1) is 10.2 Å². The number of nitrogens with zero attached hydrogens (tertiary/aromatic N) is 2. The van der Waals surface area contributed by atoms with Gasteiger partial charge in [-0.2, -0.15) is 0 Å². The van der Waals surface area contributed by atoms with E-state index in [2.05, 4.69) is 106 Å². The van der Waals surface area contributed by atoms with Crippen molar-refractivity contribution < 1.29 is 19.1 Å². The Balaban J connectivity index is 2.76. The Hall–Kier alpha value is 1.25. The third kappa shape index (κ3) is 7.12. The number of carbonyl (C=O) groups excluding carboxylic acids is 3. The molecule has 0 aliphatic heterocycles. The Morgan fingerprint density at radius 2 is 1.62 bits per heavy atom. The van der Waals surface area contributed by atoms with Gasteiger partial charge in [0.1, 0.15) is 5.01 Å². The van der Waals surface area contributed by atoms with Crippen molar-refractivity contribution >= 4 is 124 Å². The molecule has 1 heterocycles.